The zero-order valence-electron chi connectivity index (χ0n) is 8.49. The second kappa shape index (κ2) is 6.67. The summed E-state index contributed by atoms with van der Waals surface area (Å²) in [5, 5.41) is 2.63. The van der Waals surface area contributed by atoms with Gasteiger partial charge in [-0.05, 0) is 59.2 Å². The molecule has 5 nitrogen and oxygen atoms in total. The molecule has 0 bridgehead atoms. The first-order valence-corrected chi connectivity index (χ1v) is 6.31. The quantitative estimate of drug-likeness (QED) is 0.326. The van der Waals surface area contributed by atoms with Gasteiger partial charge in [-0.15, -0.1) is 0 Å². The van der Waals surface area contributed by atoms with Crippen LogP contribution in [-0.2, 0) is 0 Å². The summed E-state index contributed by atoms with van der Waals surface area (Å²) >= 11 is 11.5. The van der Waals surface area contributed by atoms with Crippen LogP contribution in [0.2, 0.25) is 0 Å². The van der Waals surface area contributed by atoms with Crippen LogP contribution < -0.4 is 21.9 Å². The Morgan fingerprint density at radius 3 is 2.47 bits per heavy atom. The van der Waals surface area contributed by atoms with Gasteiger partial charge in [0.05, 0.1) is 5.56 Å². The molecule has 0 atom stereocenters. The van der Waals surface area contributed by atoms with Gasteiger partial charge in [0.15, 0.2) is 10.2 Å². The summed E-state index contributed by atoms with van der Waals surface area (Å²) in [4.78, 5) is 11.8. The van der Waals surface area contributed by atoms with E-state index in [1.54, 1.807) is 12.1 Å². The molecule has 8 heteroatoms. The van der Waals surface area contributed by atoms with Crippen LogP contribution in [0.25, 0.3) is 0 Å². The van der Waals surface area contributed by atoms with Crippen LogP contribution in [0.15, 0.2) is 24.3 Å². The number of thiocarbonyl (C=S) groups is 2. The van der Waals surface area contributed by atoms with Crippen molar-refractivity contribution in [2.45, 2.75) is 0 Å². The Morgan fingerprint density at radius 2 is 1.88 bits per heavy atom. The summed E-state index contributed by atoms with van der Waals surface area (Å²) in [6.07, 6.45) is 0. The van der Waals surface area contributed by atoms with E-state index in [4.69, 9.17) is 18.0 Å². The first-order valence-electron chi connectivity index (χ1n) is 4.42. The van der Waals surface area contributed by atoms with E-state index in [2.05, 4.69) is 51.0 Å². The van der Waals surface area contributed by atoms with Gasteiger partial charge in [0.25, 0.3) is 5.91 Å². The highest BCUT2D eigenvalue weighted by Crippen LogP contribution is 2.10. The Morgan fingerprint density at radius 1 is 1.24 bits per heavy atom. The molecular weight excluding hydrogens is 371 g/mol. The predicted molar refractivity (Wildman–Crippen MR) is 82.3 cm³/mol. The number of carbonyl (C=O) groups excluding carboxylic acids is 1. The molecule has 0 aliphatic rings. The number of rotatable bonds is 1. The second-order valence-electron chi connectivity index (χ2n) is 2.88. The van der Waals surface area contributed by atoms with Gasteiger partial charge < -0.3 is 5.73 Å². The largest absolute Gasteiger partial charge is 0.375 e. The van der Waals surface area contributed by atoms with E-state index in [1.807, 2.05) is 12.1 Å². The molecular formula is C9H9IN4OS2. The van der Waals surface area contributed by atoms with Crippen molar-refractivity contribution in [3.05, 3.63) is 33.4 Å². The van der Waals surface area contributed by atoms with Crippen molar-refractivity contribution in [3.8, 4) is 0 Å². The maximum Gasteiger partial charge on any atom is 0.258 e. The summed E-state index contributed by atoms with van der Waals surface area (Å²) in [5.74, 6) is -0.294. The average molecular weight is 380 g/mol. The Bertz CT molecular complexity index is 466. The molecule has 1 amide bonds. The van der Waals surface area contributed by atoms with Gasteiger partial charge in [0, 0.05) is 3.57 Å². The van der Waals surface area contributed by atoms with Crippen molar-refractivity contribution in [1.29, 1.82) is 0 Å². The molecule has 0 saturated carbocycles. The van der Waals surface area contributed by atoms with Crippen LogP contribution in [0, 0.1) is 3.57 Å². The minimum atomic E-state index is -0.294. The fraction of sp³-hybridized carbons (Fsp3) is 0. The number of carbonyl (C=O) groups is 1. The van der Waals surface area contributed by atoms with Gasteiger partial charge >= 0.3 is 0 Å². The third-order valence-electron chi connectivity index (χ3n) is 1.64. The Labute approximate surface area is 123 Å². The fourth-order valence-electron chi connectivity index (χ4n) is 0.965. The molecule has 90 valence electrons. The molecule has 1 rings (SSSR count). The number of halogens is 1. The van der Waals surface area contributed by atoms with Crippen molar-refractivity contribution < 1.29 is 4.79 Å². The lowest BCUT2D eigenvalue weighted by molar-refractivity contribution is 0.0975. The van der Waals surface area contributed by atoms with Crippen LogP contribution in [0.5, 0.6) is 0 Å². The number of hydrazine groups is 1. The van der Waals surface area contributed by atoms with Gasteiger partial charge in [-0.25, -0.2) is 0 Å². The van der Waals surface area contributed by atoms with Gasteiger partial charge in [-0.2, -0.15) is 0 Å². The lowest BCUT2D eigenvalue weighted by Crippen LogP contribution is -2.50. The van der Waals surface area contributed by atoms with E-state index in [1.165, 1.54) is 0 Å². The molecule has 0 fully saturated rings. The SMILES string of the molecule is NC(=S)NNC(=S)NC(=O)c1ccccc1I. The topological polar surface area (TPSA) is 79.2 Å². The number of hydrogen-bond donors (Lipinski definition) is 4. The van der Waals surface area contributed by atoms with Crippen LogP contribution in [-0.4, -0.2) is 16.1 Å². The molecule has 17 heavy (non-hydrogen) atoms. The number of hydrogen-bond acceptors (Lipinski definition) is 3. The first kappa shape index (κ1) is 14.1. The van der Waals surface area contributed by atoms with Crippen molar-refractivity contribution in [2.75, 3.05) is 0 Å². The Kier molecular flexibility index (Phi) is 5.51. The highest BCUT2D eigenvalue weighted by molar-refractivity contribution is 14.1. The molecule has 0 radical (unpaired) electrons. The van der Waals surface area contributed by atoms with Crippen molar-refractivity contribution in [2.24, 2.45) is 5.73 Å². The van der Waals surface area contributed by atoms with Gasteiger partial charge in [-0.1, -0.05) is 12.1 Å². The van der Waals surface area contributed by atoms with Crippen LogP contribution in [0.1, 0.15) is 10.4 Å². The van der Waals surface area contributed by atoms with Crippen LogP contribution in [0.4, 0.5) is 0 Å². The zero-order chi connectivity index (χ0) is 12.8. The lowest BCUT2D eigenvalue weighted by atomic mass is 10.2. The molecule has 0 spiro atoms. The van der Waals surface area contributed by atoms with Crippen LogP contribution in [0.3, 0.4) is 0 Å². The normalized spacial score (nSPS) is 9.24. The van der Waals surface area contributed by atoms with Gasteiger partial charge in [-0.3, -0.25) is 21.0 Å². The van der Waals surface area contributed by atoms with Crippen molar-refractivity contribution in [3.63, 3.8) is 0 Å². The summed E-state index contributed by atoms with van der Waals surface area (Å²) in [6.45, 7) is 0. The van der Waals surface area contributed by atoms with E-state index in [9.17, 15) is 4.79 Å². The van der Waals surface area contributed by atoms with E-state index >= 15 is 0 Å². The highest BCUT2D eigenvalue weighted by atomic mass is 127. The molecule has 1 aromatic rings. The summed E-state index contributed by atoms with van der Waals surface area (Å²) in [7, 11) is 0. The number of benzene rings is 1. The fourth-order valence-corrected chi connectivity index (χ4v) is 1.79. The smallest absolute Gasteiger partial charge is 0.258 e. The average Bonchev–Trinajstić information content (AvgIpc) is 2.26. The first-order chi connectivity index (χ1) is 8.00. The van der Waals surface area contributed by atoms with E-state index < -0.39 is 0 Å². The monoisotopic (exact) mass is 380 g/mol. The molecule has 5 N–H and O–H groups in total. The van der Waals surface area contributed by atoms with Crippen LogP contribution >= 0.6 is 47.0 Å². The minimum absolute atomic E-state index is 0.0379. The number of nitrogens with one attached hydrogen (secondary N) is 3. The highest BCUT2D eigenvalue weighted by Gasteiger charge is 2.10. The Balaban J connectivity index is 2.58. The van der Waals surface area contributed by atoms with E-state index in [0.717, 1.165) is 3.57 Å². The standard InChI is InChI=1S/C9H9IN4OS2/c10-6-4-2-1-3-5(6)7(15)12-9(17)14-13-8(11)16/h1-4H,(H3,11,13,16)(H2,12,14,15,17). The summed E-state index contributed by atoms with van der Waals surface area (Å²) < 4.78 is 0.840. The third-order valence-corrected chi connectivity index (χ3v) is 2.89. The molecule has 0 unspecified atom stereocenters. The van der Waals surface area contributed by atoms with Crippen molar-refractivity contribution >= 4 is 63.2 Å². The summed E-state index contributed by atoms with van der Waals surface area (Å²) in [5.41, 5.74) is 10.6. The maximum atomic E-state index is 11.8. The Hall–Kier alpha value is -1.000. The van der Waals surface area contributed by atoms with Gasteiger partial charge in [0.1, 0.15) is 0 Å². The zero-order valence-corrected chi connectivity index (χ0v) is 12.3. The molecule has 0 heterocycles. The molecule has 0 aliphatic heterocycles. The summed E-state index contributed by atoms with van der Waals surface area (Å²) in [6, 6.07) is 7.17. The molecule has 0 aromatic heterocycles. The van der Waals surface area contributed by atoms with Crippen molar-refractivity contribution in [1.82, 2.24) is 16.2 Å². The maximum absolute atomic E-state index is 11.8. The second-order valence-corrected chi connectivity index (χ2v) is 4.89. The number of nitrogens with two attached hydrogens (primary N) is 1. The lowest BCUT2D eigenvalue weighted by Gasteiger charge is -2.10. The molecule has 1 aromatic carbocycles. The predicted octanol–water partition coefficient (Wildman–Crippen LogP) is 0.644. The van der Waals surface area contributed by atoms with Gasteiger partial charge in [0.2, 0.25) is 0 Å². The molecule has 0 saturated heterocycles. The third kappa shape index (κ3) is 4.79. The molecule has 0 aliphatic carbocycles. The van der Waals surface area contributed by atoms with E-state index in [0.29, 0.717) is 5.56 Å². The van der Waals surface area contributed by atoms with E-state index in [-0.39, 0.29) is 16.1 Å². The number of amides is 1. The minimum Gasteiger partial charge on any atom is -0.375 e.